The summed E-state index contributed by atoms with van der Waals surface area (Å²) in [5, 5.41) is 3.10. The lowest BCUT2D eigenvalue weighted by atomic mass is 9.87. The molecular weight excluding hydrogens is 240 g/mol. The molecule has 3 N–H and O–H groups in total. The number of anilines is 1. The molecule has 1 unspecified atom stereocenters. The fourth-order valence-electron chi connectivity index (χ4n) is 2.69. The first-order chi connectivity index (χ1) is 8.94. The number of nitrogens with two attached hydrogens (primary N) is 1. The summed E-state index contributed by atoms with van der Waals surface area (Å²) in [5.41, 5.74) is 7.00. The van der Waals surface area contributed by atoms with Gasteiger partial charge in [0.2, 0.25) is 0 Å². The molecule has 0 heterocycles. The summed E-state index contributed by atoms with van der Waals surface area (Å²) in [7, 11) is 1.58. The largest absolute Gasteiger partial charge is 0.497 e. The molecule has 0 aliphatic heterocycles. The lowest BCUT2D eigenvalue weighted by Crippen LogP contribution is -2.41. The fourth-order valence-corrected chi connectivity index (χ4v) is 2.69. The fraction of sp³-hybridized carbons (Fsp3) is 0.533. The molecule has 1 saturated carbocycles. The maximum atomic E-state index is 12.3. The standard InChI is InChI=1S/C15H22N2O2/c1-15(2)8-4-5-13(15)17-14(18)11-9-10(19-3)6-7-12(11)16/h6-7,9,13H,4-5,8,16H2,1-3H3,(H,17,18). The molecule has 0 spiro atoms. The molecule has 1 atom stereocenters. The van der Waals surface area contributed by atoms with E-state index in [9.17, 15) is 4.79 Å². The molecule has 104 valence electrons. The summed E-state index contributed by atoms with van der Waals surface area (Å²) < 4.78 is 5.14. The van der Waals surface area contributed by atoms with Crippen LogP contribution in [0.3, 0.4) is 0 Å². The van der Waals surface area contributed by atoms with Crippen LogP contribution in [0.5, 0.6) is 5.75 Å². The van der Waals surface area contributed by atoms with Crippen LogP contribution in [0.2, 0.25) is 0 Å². The van der Waals surface area contributed by atoms with Crippen LogP contribution in [0.1, 0.15) is 43.5 Å². The number of carbonyl (C=O) groups is 1. The van der Waals surface area contributed by atoms with Crippen molar-refractivity contribution in [1.82, 2.24) is 5.32 Å². The van der Waals surface area contributed by atoms with E-state index in [1.807, 2.05) is 0 Å². The third-order valence-electron chi connectivity index (χ3n) is 4.07. The van der Waals surface area contributed by atoms with Crippen molar-refractivity contribution in [3.05, 3.63) is 23.8 Å². The minimum absolute atomic E-state index is 0.114. The quantitative estimate of drug-likeness (QED) is 0.823. The number of amides is 1. The van der Waals surface area contributed by atoms with E-state index in [-0.39, 0.29) is 17.4 Å². The zero-order chi connectivity index (χ0) is 14.0. The van der Waals surface area contributed by atoms with Gasteiger partial charge in [-0.25, -0.2) is 0 Å². The molecule has 4 heteroatoms. The Balaban J connectivity index is 2.16. The predicted octanol–water partition coefficient (Wildman–Crippen LogP) is 2.59. The van der Waals surface area contributed by atoms with Crippen LogP contribution in [-0.2, 0) is 0 Å². The number of hydrogen-bond donors (Lipinski definition) is 2. The van der Waals surface area contributed by atoms with Crippen LogP contribution in [0.15, 0.2) is 18.2 Å². The molecule has 1 aliphatic rings. The van der Waals surface area contributed by atoms with Crippen molar-refractivity contribution < 1.29 is 9.53 Å². The van der Waals surface area contributed by atoms with Crippen LogP contribution in [0.4, 0.5) is 5.69 Å². The summed E-state index contributed by atoms with van der Waals surface area (Å²) in [6, 6.07) is 5.36. The molecule has 4 nitrogen and oxygen atoms in total. The van der Waals surface area contributed by atoms with Gasteiger partial charge in [-0.2, -0.15) is 0 Å². The maximum Gasteiger partial charge on any atom is 0.253 e. The van der Waals surface area contributed by atoms with Crippen LogP contribution >= 0.6 is 0 Å². The topological polar surface area (TPSA) is 64.3 Å². The molecule has 1 fully saturated rings. The first-order valence-corrected chi connectivity index (χ1v) is 6.68. The van der Waals surface area contributed by atoms with Crippen molar-refractivity contribution in [2.24, 2.45) is 5.41 Å². The van der Waals surface area contributed by atoms with Gasteiger partial charge in [-0.15, -0.1) is 0 Å². The van der Waals surface area contributed by atoms with E-state index in [0.29, 0.717) is 17.0 Å². The smallest absolute Gasteiger partial charge is 0.253 e. The van der Waals surface area contributed by atoms with Crippen molar-refractivity contribution in [2.45, 2.75) is 39.2 Å². The molecule has 2 rings (SSSR count). The molecule has 1 amide bonds. The molecular formula is C15H22N2O2. The van der Waals surface area contributed by atoms with Gasteiger partial charge in [0, 0.05) is 11.7 Å². The van der Waals surface area contributed by atoms with Gasteiger partial charge in [0.15, 0.2) is 0 Å². The van der Waals surface area contributed by atoms with E-state index in [1.165, 1.54) is 0 Å². The minimum atomic E-state index is -0.114. The third-order valence-corrected chi connectivity index (χ3v) is 4.07. The molecule has 19 heavy (non-hydrogen) atoms. The second-order valence-corrected chi connectivity index (χ2v) is 5.86. The van der Waals surface area contributed by atoms with Crippen LogP contribution in [0.25, 0.3) is 0 Å². The molecule has 1 aromatic carbocycles. The number of ether oxygens (including phenoxy) is 1. The Morgan fingerprint density at radius 3 is 2.79 bits per heavy atom. The Morgan fingerprint density at radius 2 is 2.21 bits per heavy atom. The van der Waals surface area contributed by atoms with Gasteiger partial charge in [-0.3, -0.25) is 4.79 Å². The Morgan fingerprint density at radius 1 is 1.47 bits per heavy atom. The van der Waals surface area contributed by atoms with Crippen molar-refractivity contribution in [3.63, 3.8) is 0 Å². The van der Waals surface area contributed by atoms with Gasteiger partial charge in [0.25, 0.3) is 5.91 Å². The highest BCUT2D eigenvalue weighted by molar-refractivity contribution is 5.99. The monoisotopic (exact) mass is 262 g/mol. The Bertz CT molecular complexity index is 483. The highest BCUT2D eigenvalue weighted by atomic mass is 16.5. The van der Waals surface area contributed by atoms with Crippen LogP contribution < -0.4 is 15.8 Å². The summed E-state index contributed by atoms with van der Waals surface area (Å²) >= 11 is 0. The normalized spacial score (nSPS) is 21.1. The zero-order valence-corrected chi connectivity index (χ0v) is 11.8. The van der Waals surface area contributed by atoms with E-state index in [0.717, 1.165) is 19.3 Å². The highest BCUT2D eigenvalue weighted by Gasteiger charge is 2.35. The average Bonchev–Trinajstić information content (AvgIpc) is 2.69. The van der Waals surface area contributed by atoms with Crippen LogP contribution in [-0.4, -0.2) is 19.1 Å². The van der Waals surface area contributed by atoms with Gasteiger partial charge >= 0.3 is 0 Å². The van der Waals surface area contributed by atoms with E-state index in [2.05, 4.69) is 19.2 Å². The second-order valence-electron chi connectivity index (χ2n) is 5.86. The predicted molar refractivity (Wildman–Crippen MR) is 76.3 cm³/mol. The summed E-state index contributed by atoms with van der Waals surface area (Å²) in [6.45, 7) is 4.39. The zero-order valence-electron chi connectivity index (χ0n) is 11.8. The average molecular weight is 262 g/mol. The Kier molecular flexibility index (Phi) is 3.69. The first kappa shape index (κ1) is 13.7. The molecule has 0 radical (unpaired) electrons. The number of hydrogen-bond acceptors (Lipinski definition) is 3. The van der Waals surface area contributed by atoms with Gasteiger partial charge < -0.3 is 15.8 Å². The molecule has 0 aromatic heterocycles. The van der Waals surface area contributed by atoms with E-state index >= 15 is 0 Å². The number of methoxy groups -OCH3 is 1. The first-order valence-electron chi connectivity index (χ1n) is 6.68. The third kappa shape index (κ3) is 2.83. The van der Waals surface area contributed by atoms with E-state index in [4.69, 9.17) is 10.5 Å². The van der Waals surface area contributed by atoms with Crippen molar-refractivity contribution in [2.75, 3.05) is 12.8 Å². The van der Waals surface area contributed by atoms with Crippen LogP contribution in [0, 0.1) is 5.41 Å². The highest BCUT2D eigenvalue weighted by Crippen LogP contribution is 2.37. The summed E-state index contributed by atoms with van der Waals surface area (Å²) in [6.07, 6.45) is 3.33. The lowest BCUT2D eigenvalue weighted by molar-refractivity contribution is 0.0910. The molecule has 1 aliphatic carbocycles. The minimum Gasteiger partial charge on any atom is -0.497 e. The maximum absolute atomic E-state index is 12.3. The number of benzene rings is 1. The van der Waals surface area contributed by atoms with Gasteiger partial charge in [0.1, 0.15) is 5.75 Å². The summed E-state index contributed by atoms with van der Waals surface area (Å²) in [4.78, 5) is 12.3. The number of nitrogen functional groups attached to an aromatic ring is 1. The van der Waals surface area contributed by atoms with E-state index in [1.54, 1.807) is 25.3 Å². The SMILES string of the molecule is COc1ccc(N)c(C(=O)NC2CCCC2(C)C)c1. The Labute approximate surface area is 114 Å². The van der Waals surface area contributed by atoms with Crippen molar-refractivity contribution in [1.29, 1.82) is 0 Å². The van der Waals surface area contributed by atoms with Gasteiger partial charge in [-0.05, 0) is 36.5 Å². The molecule has 1 aromatic rings. The second kappa shape index (κ2) is 5.11. The van der Waals surface area contributed by atoms with Gasteiger partial charge in [0.05, 0.1) is 12.7 Å². The van der Waals surface area contributed by atoms with Gasteiger partial charge in [-0.1, -0.05) is 20.3 Å². The van der Waals surface area contributed by atoms with Crippen molar-refractivity contribution >= 4 is 11.6 Å². The van der Waals surface area contributed by atoms with E-state index < -0.39 is 0 Å². The number of carbonyl (C=O) groups excluding carboxylic acids is 1. The summed E-state index contributed by atoms with van der Waals surface area (Å²) in [5.74, 6) is 0.529. The molecule has 0 bridgehead atoms. The lowest BCUT2D eigenvalue weighted by Gasteiger charge is -2.28. The number of rotatable bonds is 3. The number of nitrogens with one attached hydrogen (secondary N) is 1. The van der Waals surface area contributed by atoms with Crippen molar-refractivity contribution in [3.8, 4) is 5.75 Å². The molecule has 0 saturated heterocycles. The Hall–Kier alpha value is -1.71.